The number of fused-ring (bicyclic) bond motifs is 1. The topological polar surface area (TPSA) is 86.3 Å². The molecule has 0 fully saturated rings. The van der Waals surface area contributed by atoms with Crippen LogP contribution in [0.1, 0.15) is 17.2 Å². The molecule has 0 saturated heterocycles. The number of carbonyl (C=O) groups is 2. The summed E-state index contributed by atoms with van der Waals surface area (Å²) in [6.07, 6.45) is 0.185. The van der Waals surface area contributed by atoms with E-state index in [9.17, 15) is 9.59 Å². The Labute approximate surface area is 214 Å². The molecule has 36 heavy (non-hydrogen) atoms. The number of hydrogen-bond acceptors (Lipinski definition) is 7. The van der Waals surface area contributed by atoms with E-state index in [1.807, 2.05) is 36.4 Å². The summed E-state index contributed by atoms with van der Waals surface area (Å²) in [7, 11) is 6.24. The Bertz CT molecular complexity index is 1240. The van der Waals surface area contributed by atoms with Crippen molar-refractivity contribution in [2.24, 2.45) is 0 Å². The highest BCUT2D eigenvalue weighted by Gasteiger charge is 2.31. The zero-order valence-corrected chi connectivity index (χ0v) is 21.4. The van der Waals surface area contributed by atoms with Gasteiger partial charge >= 0.3 is 0 Å². The van der Waals surface area contributed by atoms with Gasteiger partial charge in [-0.25, -0.2) is 0 Å². The molecule has 1 N–H and O–H groups in total. The predicted octanol–water partition coefficient (Wildman–Crippen LogP) is 4.93. The van der Waals surface area contributed by atoms with Crippen molar-refractivity contribution in [2.45, 2.75) is 16.6 Å². The van der Waals surface area contributed by atoms with Gasteiger partial charge in [-0.2, -0.15) is 0 Å². The molecule has 1 heterocycles. The van der Waals surface area contributed by atoms with Crippen LogP contribution >= 0.6 is 11.8 Å². The number of hydrogen-bond donors (Lipinski definition) is 1. The van der Waals surface area contributed by atoms with Gasteiger partial charge < -0.3 is 29.2 Å². The Morgan fingerprint density at radius 3 is 2.33 bits per heavy atom. The fraction of sp³-hybridized carbons (Fsp3) is 0.259. The minimum atomic E-state index is -0.303. The second-order valence-electron chi connectivity index (χ2n) is 8.00. The molecule has 3 aromatic carbocycles. The van der Waals surface area contributed by atoms with Gasteiger partial charge in [-0.15, -0.1) is 11.8 Å². The van der Waals surface area contributed by atoms with Gasteiger partial charge in [0.25, 0.3) is 0 Å². The van der Waals surface area contributed by atoms with Gasteiger partial charge in [0.15, 0.2) is 11.5 Å². The van der Waals surface area contributed by atoms with E-state index in [4.69, 9.17) is 18.9 Å². The predicted molar refractivity (Wildman–Crippen MR) is 140 cm³/mol. The quantitative estimate of drug-likeness (QED) is 0.462. The highest BCUT2D eigenvalue weighted by molar-refractivity contribution is 7.99. The number of nitrogens with zero attached hydrogens (tertiary/aromatic N) is 1. The number of thioether (sulfide) groups is 1. The molecule has 9 heteroatoms. The second kappa shape index (κ2) is 11.3. The van der Waals surface area contributed by atoms with E-state index < -0.39 is 0 Å². The number of benzene rings is 3. The van der Waals surface area contributed by atoms with Gasteiger partial charge in [0.05, 0.1) is 34.1 Å². The smallest absolute Gasteiger partial charge is 0.244 e. The molecule has 0 radical (unpaired) electrons. The Hall–Kier alpha value is -3.85. The summed E-state index contributed by atoms with van der Waals surface area (Å²) in [4.78, 5) is 28.9. The molecule has 0 aliphatic carbocycles. The summed E-state index contributed by atoms with van der Waals surface area (Å²) < 4.78 is 21.7. The third-order valence-electron chi connectivity index (χ3n) is 5.80. The van der Waals surface area contributed by atoms with Gasteiger partial charge in [-0.05, 0) is 42.0 Å². The van der Waals surface area contributed by atoms with Crippen LogP contribution in [-0.2, 0) is 9.59 Å². The molecular formula is C27H28N2O6S. The van der Waals surface area contributed by atoms with E-state index in [0.717, 1.165) is 10.5 Å². The number of ether oxygens (including phenoxy) is 4. The molecule has 0 saturated carbocycles. The maximum atomic E-state index is 13.5. The van der Waals surface area contributed by atoms with Crippen LogP contribution in [0.2, 0.25) is 0 Å². The van der Waals surface area contributed by atoms with Crippen LogP contribution in [0.4, 0.5) is 11.4 Å². The maximum Gasteiger partial charge on any atom is 0.244 e. The van der Waals surface area contributed by atoms with Crippen molar-refractivity contribution in [3.8, 4) is 23.0 Å². The van der Waals surface area contributed by atoms with E-state index in [0.29, 0.717) is 34.4 Å². The molecule has 188 valence electrons. The molecule has 1 aliphatic heterocycles. The van der Waals surface area contributed by atoms with E-state index in [1.54, 1.807) is 64.5 Å². The Morgan fingerprint density at radius 1 is 0.944 bits per heavy atom. The normalized spacial score (nSPS) is 14.9. The molecule has 3 aromatic rings. The summed E-state index contributed by atoms with van der Waals surface area (Å²) in [6.45, 7) is -0.115. The number of para-hydroxylation sites is 1. The Kier molecular flexibility index (Phi) is 7.90. The van der Waals surface area contributed by atoms with Crippen LogP contribution in [0.25, 0.3) is 0 Å². The van der Waals surface area contributed by atoms with Crippen molar-refractivity contribution in [2.75, 3.05) is 45.2 Å². The molecule has 4 rings (SSSR count). The number of methoxy groups -OCH3 is 4. The highest BCUT2D eigenvalue weighted by Crippen LogP contribution is 2.49. The molecule has 0 aromatic heterocycles. The van der Waals surface area contributed by atoms with Crippen molar-refractivity contribution < 1.29 is 28.5 Å². The van der Waals surface area contributed by atoms with E-state index in [-0.39, 0.29) is 30.0 Å². The lowest BCUT2D eigenvalue weighted by Gasteiger charge is -2.22. The van der Waals surface area contributed by atoms with Crippen LogP contribution in [0.3, 0.4) is 0 Å². The first-order valence-electron chi connectivity index (χ1n) is 11.3. The zero-order chi connectivity index (χ0) is 25.7. The Balaban J connectivity index is 1.62. The lowest BCUT2D eigenvalue weighted by Crippen LogP contribution is -2.38. The Morgan fingerprint density at radius 2 is 1.67 bits per heavy atom. The van der Waals surface area contributed by atoms with E-state index >= 15 is 0 Å². The van der Waals surface area contributed by atoms with Gasteiger partial charge in [0.2, 0.25) is 17.6 Å². The SMILES string of the molecule is COc1cccc(NC(=O)CN2C(=O)C[C@@H](c3cc(OC)c(OC)c(OC)c3)Sc3ccccc32)c1. The van der Waals surface area contributed by atoms with Gasteiger partial charge in [0, 0.05) is 28.3 Å². The van der Waals surface area contributed by atoms with Gasteiger partial charge in [-0.1, -0.05) is 18.2 Å². The van der Waals surface area contributed by atoms with Crippen LogP contribution in [-0.4, -0.2) is 46.8 Å². The molecule has 8 nitrogen and oxygen atoms in total. The molecule has 1 atom stereocenters. The summed E-state index contributed by atoms with van der Waals surface area (Å²) >= 11 is 1.56. The van der Waals surface area contributed by atoms with Crippen molar-refractivity contribution >= 4 is 35.0 Å². The third kappa shape index (κ3) is 5.36. The molecular weight excluding hydrogens is 480 g/mol. The first-order valence-corrected chi connectivity index (χ1v) is 12.1. The number of nitrogens with one attached hydrogen (secondary N) is 1. The first-order chi connectivity index (χ1) is 17.5. The van der Waals surface area contributed by atoms with Crippen molar-refractivity contribution in [1.82, 2.24) is 0 Å². The summed E-state index contributed by atoms with van der Waals surface area (Å²) in [5.74, 6) is 1.70. The lowest BCUT2D eigenvalue weighted by molar-refractivity contribution is -0.121. The average molecular weight is 509 g/mol. The fourth-order valence-corrected chi connectivity index (χ4v) is 5.33. The van der Waals surface area contributed by atoms with Crippen LogP contribution in [0.15, 0.2) is 65.6 Å². The van der Waals surface area contributed by atoms with Crippen LogP contribution < -0.4 is 29.2 Å². The van der Waals surface area contributed by atoms with Crippen molar-refractivity contribution in [1.29, 1.82) is 0 Å². The van der Waals surface area contributed by atoms with Crippen LogP contribution in [0.5, 0.6) is 23.0 Å². The monoisotopic (exact) mass is 508 g/mol. The number of amides is 2. The second-order valence-corrected chi connectivity index (χ2v) is 9.24. The number of carbonyl (C=O) groups excluding carboxylic acids is 2. The van der Waals surface area contributed by atoms with Crippen molar-refractivity contribution in [3.05, 3.63) is 66.2 Å². The van der Waals surface area contributed by atoms with Crippen LogP contribution in [0, 0.1) is 0 Å². The van der Waals surface area contributed by atoms with Crippen molar-refractivity contribution in [3.63, 3.8) is 0 Å². The molecule has 0 bridgehead atoms. The molecule has 2 amide bonds. The number of rotatable bonds is 8. The summed E-state index contributed by atoms with van der Waals surface area (Å²) in [6, 6.07) is 18.4. The van der Waals surface area contributed by atoms with Gasteiger partial charge in [-0.3, -0.25) is 9.59 Å². The standard InChI is InChI=1S/C27H28N2O6S/c1-32-19-9-7-8-18(14-19)28-25(30)16-29-20-10-5-6-11-23(20)36-24(15-26(29)31)17-12-21(33-2)27(35-4)22(13-17)34-3/h5-14,24H,15-16H2,1-4H3,(H,28,30)/t24-/m0/s1. The largest absolute Gasteiger partial charge is 0.497 e. The van der Waals surface area contributed by atoms with E-state index in [2.05, 4.69) is 5.32 Å². The molecule has 0 unspecified atom stereocenters. The van der Waals surface area contributed by atoms with Gasteiger partial charge in [0.1, 0.15) is 12.3 Å². The third-order valence-corrected chi connectivity index (χ3v) is 7.12. The summed E-state index contributed by atoms with van der Waals surface area (Å²) in [5.41, 5.74) is 2.16. The number of anilines is 2. The molecule has 0 spiro atoms. The van der Waals surface area contributed by atoms with E-state index in [1.165, 1.54) is 4.90 Å². The average Bonchev–Trinajstić information content (AvgIpc) is 3.04. The molecule has 1 aliphatic rings. The minimum absolute atomic E-state index is 0.115. The summed E-state index contributed by atoms with van der Waals surface area (Å²) in [5, 5.41) is 2.63. The maximum absolute atomic E-state index is 13.5. The lowest BCUT2D eigenvalue weighted by atomic mass is 10.1. The first kappa shape index (κ1) is 25.2. The zero-order valence-electron chi connectivity index (χ0n) is 20.6. The fourth-order valence-electron chi connectivity index (χ4n) is 4.07. The highest BCUT2D eigenvalue weighted by atomic mass is 32.2. The minimum Gasteiger partial charge on any atom is -0.497 e.